The average Bonchev–Trinajstić information content (AvgIpc) is 2.49. The van der Waals surface area contributed by atoms with Gasteiger partial charge in [-0.15, -0.1) is 0 Å². The largest absolute Gasteiger partial charge is 0.298 e. The molecule has 0 bridgehead atoms. The molecule has 0 aromatic carbocycles. The Morgan fingerprint density at radius 3 is 1.62 bits per heavy atom. The van der Waals surface area contributed by atoms with Crippen LogP contribution in [0.4, 0.5) is 0 Å². The molecule has 21 heavy (non-hydrogen) atoms. The maximum Gasteiger partial charge on any atom is 0.146 e. The lowest BCUT2D eigenvalue weighted by atomic mass is 10.00. The van der Waals surface area contributed by atoms with E-state index in [1.54, 1.807) is 0 Å². The van der Waals surface area contributed by atoms with Gasteiger partial charge in [0.2, 0.25) is 0 Å². The van der Waals surface area contributed by atoms with Crippen molar-refractivity contribution >= 4 is 6.29 Å². The van der Waals surface area contributed by atoms with E-state index in [0.717, 1.165) is 44.0 Å². The highest BCUT2D eigenvalue weighted by Gasteiger charge is 2.06. The summed E-state index contributed by atoms with van der Waals surface area (Å²) in [5, 5.41) is 3.77. The lowest BCUT2D eigenvalue weighted by Crippen LogP contribution is -1.94. The number of nitrogens with zero attached hydrogens (tertiary/aromatic N) is 3. The van der Waals surface area contributed by atoms with Gasteiger partial charge in [0, 0.05) is 10.6 Å². The molecule has 0 heterocycles. The molecule has 118 valence electrons. The first kappa shape index (κ1) is 17.8. The predicted octanol–water partition coefficient (Wildman–Crippen LogP) is 6.22. The number of rotatable bonds is 2. The SMILES string of the molecule is [N-]=[N+]=N/C1=C(/C=O)CCCCCCCCCCCCCC1. The lowest BCUT2D eigenvalue weighted by Gasteiger charge is -2.08. The first-order chi connectivity index (χ1) is 10.4. The van der Waals surface area contributed by atoms with Crippen molar-refractivity contribution in [3.8, 4) is 0 Å². The van der Waals surface area contributed by atoms with Gasteiger partial charge in [0.15, 0.2) is 0 Å². The summed E-state index contributed by atoms with van der Waals surface area (Å²) in [5.74, 6) is 0. The summed E-state index contributed by atoms with van der Waals surface area (Å²) in [5.41, 5.74) is 10.1. The number of aldehydes is 1. The third-order valence-corrected chi connectivity index (χ3v) is 4.29. The summed E-state index contributed by atoms with van der Waals surface area (Å²) in [4.78, 5) is 14.1. The molecule has 0 aliphatic heterocycles. The minimum Gasteiger partial charge on any atom is -0.298 e. The van der Waals surface area contributed by atoms with E-state index in [2.05, 4.69) is 10.0 Å². The van der Waals surface area contributed by atoms with E-state index in [1.807, 2.05) is 0 Å². The van der Waals surface area contributed by atoms with Crippen LogP contribution < -0.4 is 0 Å². The molecule has 1 rings (SSSR count). The molecule has 0 spiro atoms. The molecule has 0 radical (unpaired) electrons. The van der Waals surface area contributed by atoms with Gasteiger partial charge in [0.25, 0.3) is 0 Å². The highest BCUT2D eigenvalue weighted by Crippen LogP contribution is 2.21. The van der Waals surface area contributed by atoms with Crippen LogP contribution in [0.3, 0.4) is 0 Å². The number of carbonyl (C=O) groups excluding carboxylic acids is 1. The van der Waals surface area contributed by atoms with Gasteiger partial charge in [-0.3, -0.25) is 4.79 Å². The fraction of sp³-hybridized carbons (Fsp3) is 0.824. The summed E-state index contributed by atoms with van der Waals surface area (Å²) >= 11 is 0. The molecule has 0 saturated heterocycles. The molecule has 4 nitrogen and oxygen atoms in total. The van der Waals surface area contributed by atoms with Gasteiger partial charge in [0.1, 0.15) is 6.29 Å². The zero-order valence-corrected chi connectivity index (χ0v) is 13.2. The number of carbonyl (C=O) groups is 1. The molecular formula is C17H29N3O. The number of azide groups is 1. The van der Waals surface area contributed by atoms with E-state index in [-0.39, 0.29) is 0 Å². The molecule has 0 unspecified atom stereocenters. The Hall–Kier alpha value is -1.28. The lowest BCUT2D eigenvalue weighted by molar-refractivity contribution is -0.105. The second-order valence-corrected chi connectivity index (χ2v) is 6.02. The van der Waals surface area contributed by atoms with Gasteiger partial charge in [-0.1, -0.05) is 69.3 Å². The molecule has 1 aliphatic rings. The minimum atomic E-state index is 0.680. The molecule has 0 fully saturated rings. The van der Waals surface area contributed by atoms with Gasteiger partial charge in [0.05, 0.1) is 0 Å². The van der Waals surface area contributed by atoms with Gasteiger partial charge < -0.3 is 0 Å². The molecule has 0 atom stereocenters. The molecule has 4 heteroatoms. The molecule has 0 saturated carbocycles. The fourth-order valence-electron chi connectivity index (χ4n) is 2.98. The van der Waals surface area contributed by atoms with Crippen LogP contribution in [0.15, 0.2) is 16.4 Å². The Kier molecular flexibility index (Phi) is 10.5. The normalized spacial score (nSPS) is 24.0. The highest BCUT2D eigenvalue weighted by molar-refractivity contribution is 5.74. The first-order valence-electron chi connectivity index (χ1n) is 8.61. The summed E-state index contributed by atoms with van der Waals surface area (Å²) in [7, 11) is 0. The van der Waals surface area contributed by atoms with E-state index < -0.39 is 0 Å². The average molecular weight is 291 g/mol. The Bertz CT molecular complexity index is 370. The Morgan fingerprint density at radius 2 is 1.19 bits per heavy atom. The van der Waals surface area contributed by atoms with Crippen LogP contribution in [-0.2, 0) is 4.79 Å². The van der Waals surface area contributed by atoms with Crippen molar-refractivity contribution in [2.24, 2.45) is 5.11 Å². The first-order valence-corrected chi connectivity index (χ1v) is 8.61. The topological polar surface area (TPSA) is 65.8 Å². The second kappa shape index (κ2) is 12.5. The van der Waals surface area contributed by atoms with Gasteiger partial charge in [-0.05, 0) is 36.8 Å². The quantitative estimate of drug-likeness (QED) is 0.257. The highest BCUT2D eigenvalue weighted by atomic mass is 16.1. The van der Waals surface area contributed by atoms with Crippen molar-refractivity contribution in [1.82, 2.24) is 0 Å². The zero-order valence-electron chi connectivity index (χ0n) is 13.2. The smallest absolute Gasteiger partial charge is 0.146 e. The number of hydrogen-bond donors (Lipinski definition) is 0. The summed E-state index contributed by atoms with van der Waals surface area (Å²) in [6.45, 7) is 0. The van der Waals surface area contributed by atoms with Crippen LogP contribution in [0.1, 0.15) is 89.9 Å². The second-order valence-electron chi connectivity index (χ2n) is 6.02. The molecular weight excluding hydrogens is 262 g/mol. The van der Waals surface area contributed by atoms with E-state index >= 15 is 0 Å². The van der Waals surface area contributed by atoms with Crippen LogP contribution in [0.25, 0.3) is 10.4 Å². The predicted molar refractivity (Wildman–Crippen MR) is 86.9 cm³/mol. The molecule has 0 aromatic rings. The van der Waals surface area contributed by atoms with Crippen LogP contribution in [-0.4, -0.2) is 6.29 Å². The van der Waals surface area contributed by atoms with Gasteiger partial charge in [-0.2, -0.15) is 0 Å². The fourth-order valence-corrected chi connectivity index (χ4v) is 2.98. The molecule has 0 amide bonds. The van der Waals surface area contributed by atoms with Crippen molar-refractivity contribution in [2.45, 2.75) is 89.9 Å². The third-order valence-electron chi connectivity index (χ3n) is 4.29. The van der Waals surface area contributed by atoms with Crippen molar-refractivity contribution in [2.75, 3.05) is 0 Å². The molecule has 0 aromatic heterocycles. The maximum absolute atomic E-state index is 11.2. The van der Waals surface area contributed by atoms with Gasteiger partial charge in [-0.25, -0.2) is 0 Å². The summed E-state index contributed by atoms with van der Waals surface area (Å²) < 4.78 is 0. The summed E-state index contributed by atoms with van der Waals surface area (Å²) in [6, 6.07) is 0. The molecule has 0 N–H and O–H groups in total. The third kappa shape index (κ3) is 8.56. The van der Waals surface area contributed by atoms with Gasteiger partial charge >= 0.3 is 0 Å². The Labute approximate surface area is 128 Å². The Balaban J connectivity index is 2.58. The van der Waals surface area contributed by atoms with E-state index in [9.17, 15) is 4.79 Å². The van der Waals surface area contributed by atoms with Crippen LogP contribution in [0, 0.1) is 0 Å². The number of allylic oxidation sites excluding steroid dienone is 2. The molecule has 1 aliphatic carbocycles. The summed E-state index contributed by atoms with van der Waals surface area (Å²) in [6.07, 6.45) is 17.3. The zero-order chi connectivity index (χ0) is 15.2. The van der Waals surface area contributed by atoms with Crippen molar-refractivity contribution in [3.63, 3.8) is 0 Å². The van der Waals surface area contributed by atoms with E-state index in [0.29, 0.717) is 5.70 Å². The van der Waals surface area contributed by atoms with Crippen LogP contribution in [0.5, 0.6) is 0 Å². The Morgan fingerprint density at radius 1 is 0.762 bits per heavy atom. The van der Waals surface area contributed by atoms with E-state index in [4.69, 9.17) is 5.53 Å². The van der Waals surface area contributed by atoms with Crippen LogP contribution >= 0.6 is 0 Å². The maximum atomic E-state index is 11.2. The van der Waals surface area contributed by atoms with Crippen molar-refractivity contribution in [1.29, 1.82) is 0 Å². The minimum absolute atomic E-state index is 0.680. The van der Waals surface area contributed by atoms with Crippen molar-refractivity contribution < 1.29 is 4.79 Å². The number of hydrogen-bond acceptors (Lipinski definition) is 2. The standard InChI is InChI=1S/C17H29N3O/c18-20-19-17-14-12-10-8-6-4-2-1-3-5-7-9-11-13-16(17)15-21/h15H,1-14H2/b17-16+. The van der Waals surface area contributed by atoms with Crippen molar-refractivity contribution in [3.05, 3.63) is 21.7 Å². The van der Waals surface area contributed by atoms with E-state index in [1.165, 1.54) is 57.8 Å². The van der Waals surface area contributed by atoms with Crippen LogP contribution in [0.2, 0.25) is 0 Å². The monoisotopic (exact) mass is 291 g/mol.